The van der Waals surface area contributed by atoms with Crippen LogP contribution in [0, 0.1) is 0 Å². The summed E-state index contributed by atoms with van der Waals surface area (Å²) in [6, 6.07) is 4.56. The molecule has 2 atom stereocenters. The molecule has 2 aliphatic heterocycles. The molecular weight excluding hydrogens is 373 g/mol. The molecular formula is C13H12IN3O3. The molecule has 1 aromatic carbocycles. The van der Waals surface area contributed by atoms with E-state index >= 15 is 0 Å². The van der Waals surface area contributed by atoms with Crippen LogP contribution >= 0.6 is 22.6 Å². The van der Waals surface area contributed by atoms with Crippen molar-refractivity contribution in [1.29, 1.82) is 0 Å². The third-order valence-corrected chi connectivity index (χ3v) is 4.86. The molecule has 3 rings (SSSR count). The molecule has 0 saturated carbocycles. The Hall–Kier alpha value is -1.64. The van der Waals surface area contributed by atoms with Crippen molar-refractivity contribution in [3.05, 3.63) is 29.3 Å². The highest BCUT2D eigenvalue weighted by Gasteiger charge is 2.44. The van der Waals surface area contributed by atoms with Crippen molar-refractivity contribution >= 4 is 46.0 Å². The molecule has 1 aromatic rings. The Morgan fingerprint density at radius 3 is 2.70 bits per heavy atom. The number of nitrogens with two attached hydrogens (primary N) is 1. The lowest BCUT2D eigenvalue weighted by Gasteiger charge is -2.32. The standard InChI is InChI=1S/C13H12IN3O3/c14-11-10-6(2-1-3-7(10)15)13(20)17(11)8-4-5-9(18)16-12(8)19/h1-3,8,11H,4-5,15H2,(H,16,18,19). The second-order valence-corrected chi connectivity index (χ2v) is 6.00. The van der Waals surface area contributed by atoms with E-state index in [0.717, 1.165) is 5.56 Å². The highest BCUT2D eigenvalue weighted by Crippen LogP contribution is 2.43. The summed E-state index contributed by atoms with van der Waals surface area (Å²) >= 11 is 2.10. The average Bonchev–Trinajstić information content (AvgIpc) is 2.64. The molecule has 2 heterocycles. The van der Waals surface area contributed by atoms with E-state index in [2.05, 4.69) is 27.9 Å². The van der Waals surface area contributed by atoms with Crippen molar-refractivity contribution in [1.82, 2.24) is 10.2 Å². The van der Waals surface area contributed by atoms with Crippen molar-refractivity contribution in [3.63, 3.8) is 0 Å². The highest BCUT2D eigenvalue weighted by molar-refractivity contribution is 14.1. The van der Waals surface area contributed by atoms with Gasteiger partial charge in [0, 0.05) is 23.2 Å². The molecule has 104 valence electrons. The second-order valence-electron chi connectivity index (χ2n) is 4.82. The van der Waals surface area contributed by atoms with Crippen molar-refractivity contribution < 1.29 is 14.4 Å². The first-order valence-corrected chi connectivity index (χ1v) is 7.44. The van der Waals surface area contributed by atoms with Crippen molar-refractivity contribution in [2.75, 3.05) is 5.73 Å². The number of piperidine rings is 1. The summed E-state index contributed by atoms with van der Waals surface area (Å²) in [7, 11) is 0. The number of anilines is 1. The Labute approximate surface area is 128 Å². The molecule has 1 fully saturated rings. The number of rotatable bonds is 1. The van der Waals surface area contributed by atoms with Gasteiger partial charge in [-0.2, -0.15) is 0 Å². The van der Waals surface area contributed by atoms with Crippen LogP contribution in [0.5, 0.6) is 0 Å². The number of nitrogens with zero attached hydrogens (tertiary/aromatic N) is 1. The third kappa shape index (κ3) is 1.88. The van der Waals surface area contributed by atoms with E-state index in [0.29, 0.717) is 17.7 Å². The Balaban J connectivity index is 1.98. The van der Waals surface area contributed by atoms with E-state index in [1.54, 1.807) is 18.2 Å². The number of hydrogen-bond acceptors (Lipinski definition) is 4. The molecule has 0 spiro atoms. The monoisotopic (exact) mass is 385 g/mol. The van der Waals surface area contributed by atoms with Crippen molar-refractivity contribution in [2.45, 2.75) is 22.9 Å². The summed E-state index contributed by atoms with van der Waals surface area (Å²) < 4.78 is -0.291. The number of hydrogen-bond donors (Lipinski definition) is 2. The zero-order valence-electron chi connectivity index (χ0n) is 10.4. The smallest absolute Gasteiger partial charge is 0.256 e. The first-order valence-electron chi connectivity index (χ1n) is 6.19. The van der Waals surface area contributed by atoms with Gasteiger partial charge < -0.3 is 10.6 Å². The number of carbonyl (C=O) groups is 3. The maximum absolute atomic E-state index is 12.5. The van der Waals surface area contributed by atoms with Gasteiger partial charge in [-0.3, -0.25) is 19.7 Å². The van der Waals surface area contributed by atoms with E-state index in [9.17, 15) is 14.4 Å². The average molecular weight is 385 g/mol. The number of alkyl halides is 1. The molecule has 0 aromatic heterocycles. The second kappa shape index (κ2) is 4.72. The first kappa shape index (κ1) is 13.3. The van der Waals surface area contributed by atoms with Gasteiger partial charge in [-0.25, -0.2) is 0 Å². The van der Waals surface area contributed by atoms with Crippen LogP contribution in [0.15, 0.2) is 18.2 Å². The Morgan fingerprint density at radius 2 is 2.05 bits per heavy atom. The van der Waals surface area contributed by atoms with E-state index in [-0.39, 0.29) is 22.3 Å². The largest absolute Gasteiger partial charge is 0.398 e. The van der Waals surface area contributed by atoms with Gasteiger partial charge in [0.15, 0.2) is 0 Å². The maximum Gasteiger partial charge on any atom is 0.256 e. The van der Waals surface area contributed by atoms with Crippen LogP contribution in [-0.2, 0) is 9.59 Å². The van der Waals surface area contributed by atoms with Crippen LogP contribution < -0.4 is 11.1 Å². The summed E-state index contributed by atoms with van der Waals surface area (Å²) in [6.45, 7) is 0. The van der Waals surface area contributed by atoms with Gasteiger partial charge in [-0.15, -0.1) is 0 Å². The van der Waals surface area contributed by atoms with Crippen molar-refractivity contribution in [2.24, 2.45) is 0 Å². The number of nitrogen functional groups attached to an aromatic ring is 1. The quantitative estimate of drug-likeness (QED) is 0.248. The zero-order valence-corrected chi connectivity index (χ0v) is 12.6. The third-order valence-electron chi connectivity index (χ3n) is 3.63. The van der Waals surface area contributed by atoms with Crippen LogP contribution in [0.1, 0.15) is 32.8 Å². The van der Waals surface area contributed by atoms with Gasteiger partial charge >= 0.3 is 0 Å². The van der Waals surface area contributed by atoms with Gasteiger partial charge in [-0.1, -0.05) is 28.7 Å². The van der Waals surface area contributed by atoms with E-state index < -0.39 is 11.9 Å². The van der Waals surface area contributed by atoms with Crippen LogP contribution in [0.3, 0.4) is 0 Å². The summed E-state index contributed by atoms with van der Waals surface area (Å²) in [5.74, 6) is -0.913. The molecule has 6 nitrogen and oxygen atoms in total. The predicted molar refractivity (Wildman–Crippen MR) is 80.0 cm³/mol. The molecule has 0 bridgehead atoms. The number of halogens is 1. The molecule has 0 aliphatic carbocycles. The summed E-state index contributed by atoms with van der Waals surface area (Å²) in [4.78, 5) is 37.2. The zero-order chi connectivity index (χ0) is 14.4. The molecule has 7 heteroatoms. The number of nitrogens with one attached hydrogen (secondary N) is 1. The number of benzene rings is 1. The predicted octanol–water partition coefficient (Wildman–Crippen LogP) is 0.963. The van der Waals surface area contributed by atoms with Gasteiger partial charge in [0.05, 0.1) is 0 Å². The molecule has 2 unspecified atom stereocenters. The maximum atomic E-state index is 12.5. The molecule has 3 amide bonds. The lowest BCUT2D eigenvalue weighted by Crippen LogP contribution is -2.52. The van der Waals surface area contributed by atoms with E-state index in [1.165, 1.54) is 4.90 Å². The Kier molecular flexibility index (Phi) is 3.15. The molecule has 20 heavy (non-hydrogen) atoms. The van der Waals surface area contributed by atoms with Gasteiger partial charge in [0.25, 0.3) is 5.91 Å². The summed E-state index contributed by atoms with van der Waals surface area (Å²) in [5.41, 5.74) is 7.77. The number of imide groups is 1. The fraction of sp³-hybridized carbons (Fsp3) is 0.308. The van der Waals surface area contributed by atoms with Crippen molar-refractivity contribution in [3.8, 4) is 0 Å². The van der Waals surface area contributed by atoms with Gasteiger partial charge in [0.2, 0.25) is 11.8 Å². The van der Waals surface area contributed by atoms with Gasteiger partial charge in [-0.05, 0) is 18.6 Å². The van der Waals surface area contributed by atoms with Crippen LogP contribution in [0.25, 0.3) is 0 Å². The highest BCUT2D eigenvalue weighted by atomic mass is 127. The molecule has 1 saturated heterocycles. The lowest BCUT2D eigenvalue weighted by atomic mass is 10.0. The number of carbonyl (C=O) groups excluding carboxylic acids is 3. The van der Waals surface area contributed by atoms with E-state index in [1.807, 2.05) is 0 Å². The fourth-order valence-corrected chi connectivity index (χ4v) is 4.00. The normalized spacial score (nSPS) is 25.6. The lowest BCUT2D eigenvalue weighted by molar-refractivity contribution is -0.136. The molecule has 3 N–H and O–H groups in total. The summed E-state index contributed by atoms with van der Waals surface area (Å²) in [6.07, 6.45) is 0.596. The van der Waals surface area contributed by atoms with Gasteiger partial charge in [0.1, 0.15) is 10.1 Å². The first-order chi connectivity index (χ1) is 9.50. The minimum absolute atomic E-state index is 0.207. The number of fused-ring (bicyclic) bond motifs is 1. The minimum Gasteiger partial charge on any atom is -0.398 e. The number of amides is 3. The fourth-order valence-electron chi connectivity index (χ4n) is 2.66. The molecule has 2 aliphatic rings. The summed E-state index contributed by atoms with van der Waals surface area (Å²) in [5, 5.41) is 2.28. The van der Waals surface area contributed by atoms with Crippen LogP contribution in [-0.4, -0.2) is 28.7 Å². The molecule has 0 radical (unpaired) electrons. The topological polar surface area (TPSA) is 92.5 Å². The van der Waals surface area contributed by atoms with E-state index in [4.69, 9.17) is 5.73 Å². The van der Waals surface area contributed by atoms with Crippen LogP contribution in [0.2, 0.25) is 0 Å². The SMILES string of the molecule is Nc1cccc2c1C(I)N(C1CCC(=O)NC1=O)C2=O. The minimum atomic E-state index is -0.617. The van der Waals surface area contributed by atoms with Crippen LogP contribution in [0.4, 0.5) is 5.69 Å². The Morgan fingerprint density at radius 1 is 1.30 bits per heavy atom. The Bertz CT molecular complexity index is 631.